The molecule has 0 amide bonds. The Hall–Kier alpha value is -1.79. The predicted octanol–water partition coefficient (Wildman–Crippen LogP) is 1.48. The van der Waals surface area contributed by atoms with Crippen molar-refractivity contribution >= 4 is 0 Å². The van der Waals surface area contributed by atoms with Crippen molar-refractivity contribution in [1.82, 2.24) is 30.0 Å². The van der Waals surface area contributed by atoms with Crippen molar-refractivity contribution in [3.05, 3.63) is 23.8 Å². The van der Waals surface area contributed by atoms with E-state index < -0.39 is 0 Å². The van der Waals surface area contributed by atoms with E-state index in [-0.39, 0.29) is 6.67 Å². The molecule has 0 spiro atoms. The molecule has 0 unspecified atom stereocenters. The van der Waals surface area contributed by atoms with Gasteiger partial charge in [0, 0.05) is 32.9 Å². The van der Waals surface area contributed by atoms with Crippen molar-refractivity contribution in [2.45, 2.75) is 32.6 Å². The second-order valence-electron chi connectivity index (χ2n) is 4.31. The molecule has 6 nitrogen and oxygen atoms in total. The third kappa shape index (κ3) is 6.08. The zero-order valence-corrected chi connectivity index (χ0v) is 11.8. The van der Waals surface area contributed by atoms with E-state index in [1.165, 1.54) is 12.8 Å². The molecule has 0 aromatic carbocycles. The number of hydrogen-bond acceptors (Lipinski definition) is 4. The SMILES string of the molecule is CCCCc1cn(C)nn1.Cn1cc(CCF)nn1. The Morgan fingerprint density at radius 3 is 1.89 bits per heavy atom. The van der Waals surface area contributed by atoms with Crippen molar-refractivity contribution in [3.8, 4) is 0 Å². The highest BCUT2D eigenvalue weighted by Crippen LogP contribution is 1.98. The average Bonchev–Trinajstić information content (AvgIpc) is 2.97. The van der Waals surface area contributed by atoms with E-state index in [4.69, 9.17) is 0 Å². The van der Waals surface area contributed by atoms with Gasteiger partial charge in [0.15, 0.2) is 0 Å². The fourth-order valence-electron chi connectivity index (χ4n) is 1.47. The summed E-state index contributed by atoms with van der Waals surface area (Å²) in [6, 6.07) is 0. The number of rotatable bonds is 5. The first-order chi connectivity index (χ1) is 9.15. The molecule has 0 bridgehead atoms. The minimum atomic E-state index is -0.362. The second-order valence-corrected chi connectivity index (χ2v) is 4.31. The first-order valence-corrected chi connectivity index (χ1v) is 6.42. The van der Waals surface area contributed by atoms with E-state index in [1.54, 1.807) is 22.6 Å². The molecule has 0 aliphatic heterocycles. The zero-order valence-electron chi connectivity index (χ0n) is 11.8. The van der Waals surface area contributed by atoms with E-state index in [0.717, 1.165) is 12.1 Å². The maximum Gasteiger partial charge on any atom is 0.0951 e. The minimum Gasteiger partial charge on any atom is -0.255 e. The number of aromatic nitrogens is 6. The van der Waals surface area contributed by atoms with Crippen molar-refractivity contribution in [3.63, 3.8) is 0 Å². The lowest BCUT2D eigenvalue weighted by atomic mass is 10.2. The van der Waals surface area contributed by atoms with Crippen LogP contribution in [0.25, 0.3) is 0 Å². The molecule has 0 radical (unpaired) electrons. The average molecular weight is 268 g/mol. The van der Waals surface area contributed by atoms with Crippen molar-refractivity contribution in [2.24, 2.45) is 14.1 Å². The molecule has 19 heavy (non-hydrogen) atoms. The fourth-order valence-corrected chi connectivity index (χ4v) is 1.47. The summed E-state index contributed by atoms with van der Waals surface area (Å²) >= 11 is 0. The van der Waals surface area contributed by atoms with Gasteiger partial charge in [0.05, 0.1) is 18.1 Å². The molecule has 0 atom stereocenters. The van der Waals surface area contributed by atoms with Gasteiger partial charge in [0.2, 0.25) is 0 Å². The van der Waals surface area contributed by atoms with Crippen LogP contribution in [-0.4, -0.2) is 36.7 Å². The maximum absolute atomic E-state index is 11.6. The minimum absolute atomic E-state index is 0.362. The summed E-state index contributed by atoms with van der Waals surface area (Å²) in [5, 5.41) is 15.1. The second kappa shape index (κ2) is 8.34. The standard InChI is InChI=1S/C7H13N3.C5H8FN3/c1-3-4-5-7-6-10(2)9-8-7;1-9-4-5(2-3-6)7-8-9/h6H,3-5H2,1-2H3;4H,2-3H2,1H3. The number of alkyl halides is 1. The van der Waals surface area contributed by atoms with Crippen molar-refractivity contribution < 1.29 is 4.39 Å². The molecular weight excluding hydrogens is 247 g/mol. The molecule has 2 heterocycles. The van der Waals surface area contributed by atoms with Gasteiger partial charge in [0.25, 0.3) is 0 Å². The van der Waals surface area contributed by atoms with Gasteiger partial charge in [-0.05, 0) is 12.8 Å². The van der Waals surface area contributed by atoms with E-state index in [9.17, 15) is 4.39 Å². The molecule has 0 aliphatic rings. The van der Waals surface area contributed by atoms with Gasteiger partial charge >= 0.3 is 0 Å². The lowest BCUT2D eigenvalue weighted by Crippen LogP contribution is -1.85. The summed E-state index contributed by atoms with van der Waals surface area (Å²) < 4.78 is 14.9. The third-order valence-electron chi connectivity index (χ3n) is 2.44. The summed E-state index contributed by atoms with van der Waals surface area (Å²) in [4.78, 5) is 0. The van der Waals surface area contributed by atoms with Crippen LogP contribution in [0, 0.1) is 0 Å². The number of halogens is 1. The van der Waals surface area contributed by atoms with E-state index in [0.29, 0.717) is 12.1 Å². The molecule has 2 aromatic rings. The van der Waals surface area contributed by atoms with Gasteiger partial charge in [-0.25, -0.2) is 0 Å². The lowest BCUT2D eigenvalue weighted by molar-refractivity contribution is 0.491. The van der Waals surface area contributed by atoms with Crippen molar-refractivity contribution in [1.29, 1.82) is 0 Å². The summed E-state index contributed by atoms with van der Waals surface area (Å²) in [5.41, 5.74) is 1.81. The number of nitrogens with zero attached hydrogens (tertiary/aromatic N) is 6. The molecular formula is C12H21FN6. The highest BCUT2D eigenvalue weighted by Gasteiger charge is 1.95. The first-order valence-electron chi connectivity index (χ1n) is 6.42. The molecule has 106 valence electrons. The molecule has 2 aromatic heterocycles. The first kappa shape index (κ1) is 15.3. The summed E-state index contributed by atoms with van der Waals surface area (Å²) in [6.45, 7) is 1.81. The van der Waals surface area contributed by atoms with Crippen LogP contribution in [0.5, 0.6) is 0 Å². The lowest BCUT2D eigenvalue weighted by Gasteiger charge is -1.88. The molecule has 2 rings (SSSR count). The third-order valence-corrected chi connectivity index (χ3v) is 2.44. The Balaban J connectivity index is 0.000000191. The summed E-state index contributed by atoms with van der Waals surface area (Å²) in [6.07, 6.45) is 7.53. The van der Waals surface area contributed by atoms with Crippen LogP contribution in [-0.2, 0) is 26.9 Å². The van der Waals surface area contributed by atoms with Gasteiger partial charge in [-0.2, -0.15) is 0 Å². The largest absolute Gasteiger partial charge is 0.255 e. The van der Waals surface area contributed by atoms with Gasteiger partial charge in [0.1, 0.15) is 0 Å². The van der Waals surface area contributed by atoms with Crippen LogP contribution in [0.2, 0.25) is 0 Å². The smallest absolute Gasteiger partial charge is 0.0951 e. The quantitative estimate of drug-likeness (QED) is 0.824. The number of aryl methyl sites for hydroxylation is 4. The van der Waals surface area contributed by atoms with Crippen LogP contribution in [0.3, 0.4) is 0 Å². The highest BCUT2D eigenvalue weighted by atomic mass is 19.1. The maximum atomic E-state index is 11.6. The predicted molar refractivity (Wildman–Crippen MR) is 70.3 cm³/mol. The monoisotopic (exact) mass is 268 g/mol. The number of unbranched alkanes of at least 4 members (excludes halogenated alkanes) is 1. The molecule has 0 aliphatic carbocycles. The Morgan fingerprint density at radius 2 is 1.53 bits per heavy atom. The zero-order chi connectivity index (χ0) is 14.1. The van der Waals surface area contributed by atoms with Gasteiger partial charge in [-0.1, -0.05) is 23.8 Å². The topological polar surface area (TPSA) is 61.4 Å². The molecule has 0 saturated carbocycles. The van der Waals surface area contributed by atoms with E-state index in [2.05, 4.69) is 27.5 Å². The fraction of sp³-hybridized carbons (Fsp3) is 0.667. The van der Waals surface area contributed by atoms with Crippen LogP contribution in [0.1, 0.15) is 31.2 Å². The molecule has 0 fully saturated rings. The van der Waals surface area contributed by atoms with Crippen LogP contribution >= 0.6 is 0 Å². The summed E-state index contributed by atoms with van der Waals surface area (Å²) in [5.74, 6) is 0. The van der Waals surface area contributed by atoms with E-state index in [1.807, 2.05) is 13.2 Å². The van der Waals surface area contributed by atoms with Gasteiger partial charge in [-0.3, -0.25) is 13.8 Å². The van der Waals surface area contributed by atoms with Crippen LogP contribution < -0.4 is 0 Å². The summed E-state index contributed by atoms with van der Waals surface area (Å²) in [7, 11) is 3.65. The Bertz CT molecular complexity index is 464. The molecule has 7 heteroatoms. The van der Waals surface area contributed by atoms with Gasteiger partial charge < -0.3 is 0 Å². The molecule has 0 N–H and O–H groups in total. The van der Waals surface area contributed by atoms with E-state index >= 15 is 0 Å². The Kier molecular flexibility index (Phi) is 6.70. The number of hydrogen-bond donors (Lipinski definition) is 0. The Labute approximate surface area is 112 Å². The molecule has 0 saturated heterocycles. The Morgan fingerprint density at radius 1 is 1.00 bits per heavy atom. The van der Waals surface area contributed by atoms with Crippen LogP contribution in [0.15, 0.2) is 12.4 Å². The van der Waals surface area contributed by atoms with Crippen molar-refractivity contribution in [2.75, 3.05) is 6.67 Å². The normalized spacial score (nSPS) is 10.1. The van der Waals surface area contributed by atoms with Gasteiger partial charge in [-0.15, -0.1) is 10.2 Å². The highest BCUT2D eigenvalue weighted by molar-refractivity contribution is 4.91. The van der Waals surface area contributed by atoms with Crippen LogP contribution in [0.4, 0.5) is 4.39 Å².